The monoisotopic (exact) mass is 384 g/mol. The van der Waals surface area contributed by atoms with Gasteiger partial charge in [-0.25, -0.2) is 4.39 Å². The van der Waals surface area contributed by atoms with Gasteiger partial charge in [-0.3, -0.25) is 9.59 Å². The van der Waals surface area contributed by atoms with E-state index in [1.54, 1.807) is 24.3 Å². The van der Waals surface area contributed by atoms with Gasteiger partial charge in [-0.15, -0.1) is 0 Å². The van der Waals surface area contributed by atoms with Crippen molar-refractivity contribution in [2.24, 2.45) is 11.8 Å². The molecule has 6 heteroatoms. The van der Waals surface area contributed by atoms with Gasteiger partial charge in [0.2, 0.25) is 0 Å². The molecule has 0 radical (unpaired) electrons. The first-order valence-electron chi connectivity index (χ1n) is 9.42. The molecule has 2 unspecified atom stereocenters. The first kappa shape index (κ1) is 19.9. The minimum atomic E-state index is -0.615. The Morgan fingerprint density at radius 2 is 1.79 bits per heavy atom. The van der Waals surface area contributed by atoms with Gasteiger partial charge in [0.05, 0.1) is 18.4 Å². The van der Waals surface area contributed by atoms with Crippen LogP contribution in [-0.4, -0.2) is 36.9 Å². The van der Waals surface area contributed by atoms with Crippen LogP contribution >= 0.6 is 0 Å². The lowest BCUT2D eigenvalue weighted by Gasteiger charge is -2.35. The third-order valence-electron chi connectivity index (χ3n) is 4.98. The number of carbonyl (C=O) groups excluding carboxylic acids is 2. The number of ether oxygens (including phenoxy) is 1. The van der Waals surface area contributed by atoms with Gasteiger partial charge in [-0.05, 0) is 48.6 Å². The van der Waals surface area contributed by atoms with Crippen molar-refractivity contribution in [1.29, 1.82) is 0 Å². The van der Waals surface area contributed by atoms with Gasteiger partial charge >= 0.3 is 0 Å². The molecule has 1 N–H and O–H groups in total. The molecule has 1 aliphatic rings. The fourth-order valence-electron chi connectivity index (χ4n) is 3.78. The summed E-state index contributed by atoms with van der Waals surface area (Å²) in [4.78, 5) is 27.5. The Labute approximate surface area is 164 Å². The second-order valence-corrected chi connectivity index (χ2v) is 7.51. The summed E-state index contributed by atoms with van der Waals surface area (Å²) in [6.07, 6.45) is 1.10. The number of nitrogens with one attached hydrogen (secondary N) is 1. The van der Waals surface area contributed by atoms with E-state index in [-0.39, 0.29) is 17.2 Å². The van der Waals surface area contributed by atoms with Crippen molar-refractivity contribution in [2.45, 2.75) is 20.3 Å². The SMILES string of the molecule is COc1ccc(C(=O)Nc2ccccc2C(=O)N2CC(C)CC(C)C2)cc1F. The summed E-state index contributed by atoms with van der Waals surface area (Å²) in [5.74, 6) is -0.248. The number of carbonyl (C=O) groups is 2. The molecule has 5 nitrogen and oxygen atoms in total. The van der Waals surface area contributed by atoms with Crippen LogP contribution in [0, 0.1) is 17.7 Å². The van der Waals surface area contributed by atoms with E-state index in [4.69, 9.17) is 4.74 Å². The van der Waals surface area contributed by atoms with Crippen LogP contribution in [-0.2, 0) is 0 Å². The highest BCUT2D eigenvalue weighted by atomic mass is 19.1. The van der Waals surface area contributed by atoms with Crippen molar-refractivity contribution in [3.8, 4) is 5.75 Å². The average Bonchev–Trinajstić information content (AvgIpc) is 2.67. The highest BCUT2D eigenvalue weighted by Gasteiger charge is 2.27. The Morgan fingerprint density at radius 1 is 1.11 bits per heavy atom. The molecule has 2 atom stereocenters. The maximum atomic E-state index is 13.9. The summed E-state index contributed by atoms with van der Waals surface area (Å²) in [5.41, 5.74) is 1.01. The predicted octanol–water partition coefficient (Wildman–Crippen LogP) is 4.20. The number of methoxy groups -OCH3 is 1. The fraction of sp³-hybridized carbons (Fsp3) is 0.364. The quantitative estimate of drug-likeness (QED) is 0.859. The molecule has 1 heterocycles. The number of piperidine rings is 1. The number of benzene rings is 2. The molecule has 0 aliphatic carbocycles. The molecule has 0 bridgehead atoms. The molecule has 0 spiro atoms. The number of halogens is 1. The topological polar surface area (TPSA) is 58.6 Å². The zero-order valence-corrected chi connectivity index (χ0v) is 16.4. The molecule has 0 saturated carbocycles. The number of amides is 2. The Bertz CT molecular complexity index is 874. The molecule has 3 rings (SSSR count). The van der Waals surface area contributed by atoms with Gasteiger partial charge in [0.15, 0.2) is 11.6 Å². The Kier molecular flexibility index (Phi) is 5.97. The van der Waals surface area contributed by atoms with Crippen LogP contribution in [0.4, 0.5) is 10.1 Å². The maximum absolute atomic E-state index is 13.9. The normalized spacial score (nSPS) is 19.2. The standard InChI is InChI=1S/C22H25FN2O3/c1-14-10-15(2)13-25(12-14)22(27)17-6-4-5-7-19(17)24-21(26)16-8-9-20(28-3)18(23)11-16/h4-9,11,14-15H,10,12-13H2,1-3H3,(H,24,26). The van der Waals surface area contributed by atoms with Crippen molar-refractivity contribution in [1.82, 2.24) is 4.90 Å². The lowest BCUT2D eigenvalue weighted by molar-refractivity contribution is 0.0624. The second kappa shape index (κ2) is 8.42. The zero-order chi connectivity index (χ0) is 20.3. The third-order valence-corrected chi connectivity index (χ3v) is 4.98. The highest BCUT2D eigenvalue weighted by Crippen LogP contribution is 2.25. The summed E-state index contributed by atoms with van der Waals surface area (Å²) in [5, 5.41) is 2.74. The Morgan fingerprint density at radius 3 is 2.43 bits per heavy atom. The molecule has 0 aromatic heterocycles. The molecular weight excluding hydrogens is 359 g/mol. The van der Waals surface area contributed by atoms with Gasteiger partial charge in [0.25, 0.3) is 11.8 Å². The number of hydrogen-bond donors (Lipinski definition) is 1. The largest absolute Gasteiger partial charge is 0.494 e. The van der Waals surface area contributed by atoms with Crippen LogP contribution in [0.25, 0.3) is 0 Å². The number of anilines is 1. The lowest BCUT2D eigenvalue weighted by atomic mass is 9.91. The first-order valence-corrected chi connectivity index (χ1v) is 9.42. The molecule has 148 valence electrons. The molecular formula is C22H25FN2O3. The van der Waals surface area contributed by atoms with Gasteiger partial charge < -0.3 is 15.0 Å². The molecule has 1 saturated heterocycles. The van der Waals surface area contributed by atoms with Gasteiger partial charge in [0.1, 0.15) is 0 Å². The number of hydrogen-bond acceptors (Lipinski definition) is 3. The van der Waals surface area contributed by atoms with Crippen molar-refractivity contribution in [3.63, 3.8) is 0 Å². The van der Waals surface area contributed by atoms with Gasteiger partial charge in [-0.2, -0.15) is 0 Å². The smallest absolute Gasteiger partial charge is 0.255 e. The van der Waals surface area contributed by atoms with Crippen LogP contribution in [0.15, 0.2) is 42.5 Å². The summed E-state index contributed by atoms with van der Waals surface area (Å²) in [6.45, 7) is 5.69. The van der Waals surface area contributed by atoms with Crippen LogP contribution in [0.3, 0.4) is 0 Å². The number of rotatable bonds is 4. The van der Waals surface area contributed by atoms with Crippen molar-refractivity contribution < 1.29 is 18.7 Å². The second-order valence-electron chi connectivity index (χ2n) is 7.51. The fourth-order valence-corrected chi connectivity index (χ4v) is 3.78. The predicted molar refractivity (Wildman–Crippen MR) is 106 cm³/mol. The maximum Gasteiger partial charge on any atom is 0.255 e. The van der Waals surface area contributed by atoms with Gasteiger partial charge in [0, 0.05) is 18.7 Å². The summed E-state index contributed by atoms with van der Waals surface area (Å²) < 4.78 is 18.8. The zero-order valence-electron chi connectivity index (χ0n) is 16.4. The summed E-state index contributed by atoms with van der Waals surface area (Å²) >= 11 is 0. The van der Waals surface area contributed by atoms with Crippen molar-refractivity contribution in [2.75, 3.05) is 25.5 Å². The van der Waals surface area contributed by atoms with Crippen molar-refractivity contribution >= 4 is 17.5 Å². The minimum Gasteiger partial charge on any atom is -0.494 e. The molecule has 1 aliphatic heterocycles. The number of likely N-dealkylation sites (tertiary alicyclic amines) is 1. The van der Waals surface area contributed by atoms with Crippen LogP contribution < -0.4 is 10.1 Å². The first-order chi connectivity index (χ1) is 13.4. The molecule has 1 fully saturated rings. The lowest BCUT2D eigenvalue weighted by Crippen LogP contribution is -2.42. The average molecular weight is 384 g/mol. The molecule has 2 aromatic rings. The highest BCUT2D eigenvalue weighted by molar-refractivity contribution is 6.09. The van der Waals surface area contributed by atoms with E-state index < -0.39 is 11.7 Å². The molecule has 2 aromatic carbocycles. The number of para-hydroxylation sites is 1. The summed E-state index contributed by atoms with van der Waals surface area (Å²) in [7, 11) is 1.36. The van der Waals surface area contributed by atoms with Crippen LogP contribution in [0.5, 0.6) is 5.75 Å². The van der Waals surface area contributed by atoms with E-state index in [1.165, 1.54) is 19.2 Å². The van der Waals surface area contributed by atoms with Gasteiger partial charge in [-0.1, -0.05) is 26.0 Å². The molecule has 28 heavy (non-hydrogen) atoms. The number of nitrogens with zero attached hydrogens (tertiary/aromatic N) is 1. The van der Waals surface area contributed by atoms with E-state index in [2.05, 4.69) is 19.2 Å². The van der Waals surface area contributed by atoms with E-state index in [9.17, 15) is 14.0 Å². The van der Waals surface area contributed by atoms with E-state index in [1.807, 2.05) is 4.90 Å². The minimum absolute atomic E-state index is 0.0699. The van der Waals surface area contributed by atoms with E-state index in [0.29, 0.717) is 36.2 Å². The Hall–Kier alpha value is -2.89. The van der Waals surface area contributed by atoms with Crippen LogP contribution in [0.1, 0.15) is 41.0 Å². The van der Waals surface area contributed by atoms with Crippen molar-refractivity contribution in [3.05, 3.63) is 59.4 Å². The molecule has 2 amide bonds. The van der Waals surface area contributed by atoms with E-state index >= 15 is 0 Å². The van der Waals surface area contributed by atoms with Crippen LogP contribution in [0.2, 0.25) is 0 Å². The van der Waals surface area contributed by atoms with E-state index in [0.717, 1.165) is 12.5 Å². The Balaban J connectivity index is 1.81. The summed E-state index contributed by atoms with van der Waals surface area (Å²) in [6, 6.07) is 10.9. The third kappa shape index (κ3) is 4.32.